The predicted octanol–water partition coefficient (Wildman–Crippen LogP) is 3.57. The molecular formula is C20H23N3O2S. The van der Waals surface area contributed by atoms with Gasteiger partial charge in [-0.3, -0.25) is 4.79 Å². The molecule has 3 rings (SSSR count). The Hall–Kier alpha value is -2.60. The summed E-state index contributed by atoms with van der Waals surface area (Å²) >= 11 is 5.36. The van der Waals surface area contributed by atoms with Gasteiger partial charge in [0.2, 0.25) is 5.91 Å². The van der Waals surface area contributed by atoms with Crippen LogP contribution in [-0.2, 0) is 4.79 Å². The molecule has 1 atom stereocenters. The van der Waals surface area contributed by atoms with Gasteiger partial charge in [-0.15, -0.1) is 0 Å². The van der Waals surface area contributed by atoms with Crippen LogP contribution in [0.15, 0.2) is 54.6 Å². The molecule has 0 unspecified atom stereocenters. The fourth-order valence-corrected chi connectivity index (χ4v) is 3.14. The van der Waals surface area contributed by atoms with E-state index in [1.165, 1.54) is 0 Å². The Morgan fingerprint density at radius 3 is 2.58 bits per heavy atom. The highest BCUT2D eigenvalue weighted by Gasteiger charge is 2.21. The van der Waals surface area contributed by atoms with Crippen molar-refractivity contribution in [2.24, 2.45) is 0 Å². The monoisotopic (exact) mass is 369 g/mol. The first-order chi connectivity index (χ1) is 12.6. The lowest BCUT2D eigenvalue weighted by atomic mass is 10.2. The third-order valence-electron chi connectivity index (χ3n) is 4.13. The van der Waals surface area contributed by atoms with Crippen LogP contribution < -0.4 is 20.3 Å². The number of thiocarbonyl (C=S) groups is 1. The van der Waals surface area contributed by atoms with Gasteiger partial charge in [-0.1, -0.05) is 18.2 Å². The Kier molecular flexibility index (Phi) is 6.07. The van der Waals surface area contributed by atoms with E-state index in [1.807, 2.05) is 66.4 Å². The van der Waals surface area contributed by atoms with Crippen LogP contribution in [-0.4, -0.2) is 30.2 Å². The summed E-state index contributed by atoms with van der Waals surface area (Å²) in [5.41, 5.74) is 1.82. The standard InChI is InChI=1S/C20H23N3O2S/c1-15(14-25-18-6-3-2-4-7-18)21-20(26)22-16-9-11-17(12-10-16)23-13-5-8-19(23)24/h2-4,6-7,9-12,15H,5,8,13-14H2,1H3,(H2,21,22,26)/t15-/m0/s1. The number of carbonyl (C=O) groups is 1. The van der Waals surface area contributed by atoms with Gasteiger partial charge in [0.1, 0.15) is 12.4 Å². The summed E-state index contributed by atoms with van der Waals surface area (Å²) in [4.78, 5) is 13.6. The molecular weight excluding hydrogens is 346 g/mol. The van der Waals surface area contributed by atoms with Crippen LogP contribution in [0.1, 0.15) is 19.8 Å². The Bertz CT molecular complexity index is 749. The summed E-state index contributed by atoms with van der Waals surface area (Å²) in [5, 5.41) is 6.91. The van der Waals surface area contributed by atoms with Crippen LogP contribution in [0.4, 0.5) is 11.4 Å². The minimum atomic E-state index is 0.0664. The molecule has 1 saturated heterocycles. The van der Waals surface area contributed by atoms with Gasteiger partial charge >= 0.3 is 0 Å². The highest BCUT2D eigenvalue weighted by molar-refractivity contribution is 7.80. The average Bonchev–Trinajstić information content (AvgIpc) is 3.07. The molecule has 0 saturated carbocycles. The van der Waals surface area contributed by atoms with Crippen molar-refractivity contribution in [1.82, 2.24) is 5.32 Å². The van der Waals surface area contributed by atoms with Gasteiger partial charge < -0.3 is 20.3 Å². The zero-order valence-corrected chi connectivity index (χ0v) is 15.6. The molecule has 0 aliphatic carbocycles. The Morgan fingerprint density at radius 2 is 1.92 bits per heavy atom. The van der Waals surface area contributed by atoms with Crippen molar-refractivity contribution in [2.45, 2.75) is 25.8 Å². The van der Waals surface area contributed by atoms with Crippen LogP contribution in [0.5, 0.6) is 5.75 Å². The number of para-hydroxylation sites is 1. The summed E-state index contributed by atoms with van der Waals surface area (Å²) < 4.78 is 5.71. The van der Waals surface area contributed by atoms with Crippen LogP contribution >= 0.6 is 12.2 Å². The van der Waals surface area contributed by atoms with Crippen LogP contribution in [0.2, 0.25) is 0 Å². The summed E-state index contributed by atoms with van der Waals surface area (Å²) in [7, 11) is 0. The molecule has 1 amide bonds. The SMILES string of the molecule is C[C@@H](COc1ccccc1)NC(=S)Nc1ccc(N2CCCC2=O)cc1. The fraction of sp³-hybridized carbons (Fsp3) is 0.300. The van der Waals surface area contributed by atoms with Crippen LogP contribution in [0.25, 0.3) is 0 Å². The second kappa shape index (κ2) is 8.67. The maximum absolute atomic E-state index is 11.8. The van der Waals surface area contributed by atoms with Crippen molar-refractivity contribution in [1.29, 1.82) is 0 Å². The third kappa shape index (κ3) is 4.95. The molecule has 2 N–H and O–H groups in total. The molecule has 2 aromatic rings. The third-order valence-corrected chi connectivity index (χ3v) is 4.35. The molecule has 2 aromatic carbocycles. The zero-order chi connectivity index (χ0) is 18.4. The molecule has 0 spiro atoms. The Balaban J connectivity index is 1.46. The topological polar surface area (TPSA) is 53.6 Å². The number of amides is 1. The van der Waals surface area contributed by atoms with Gasteiger partial charge in [0.15, 0.2) is 5.11 Å². The lowest BCUT2D eigenvalue weighted by Gasteiger charge is -2.19. The van der Waals surface area contributed by atoms with Crippen molar-refractivity contribution in [3.8, 4) is 5.75 Å². The number of nitrogens with zero attached hydrogens (tertiary/aromatic N) is 1. The molecule has 26 heavy (non-hydrogen) atoms. The van der Waals surface area contributed by atoms with E-state index in [4.69, 9.17) is 17.0 Å². The van der Waals surface area contributed by atoms with Crippen LogP contribution in [0.3, 0.4) is 0 Å². The number of hydrogen-bond donors (Lipinski definition) is 2. The molecule has 1 aliphatic heterocycles. The lowest BCUT2D eigenvalue weighted by molar-refractivity contribution is -0.117. The number of carbonyl (C=O) groups excluding carboxylic acids is 1. The van der Waals surface area contributed by atoms with Gasteiger partial charge in [0.05, 0.1) is 6.04 Å². The predicted molar refractivity (Wildman–Crippen MR) is 109 cm³/mol. The molecule has 5 nitrogen and oxygen atoms in total. The number of benzene rings is 2. The van der Waals surface area contributed by atoms with E-state index < -0.39 is 0 Å². The van der Waals surface area contributed by atoms with Gasteiger partial charge in [0.25, 0.3) is 0 Å². The second-order valence-electron chi connectivity index (χ2n) is 6.32. The van der Waals surface area contributed by atoms with E-state index in [-0.39, 0.29) is 11.9 Å². The number of rotatable bonds is 6. The first kappa shape index (κ1) is 18.2. The van der Waals surface area contributed by atoms with E-state index in [1.54, 1.807) is 0 Å². The Labute approximate surface area is 159 Å². The molecule has 0 aromatic heterocycles. The molecule has 1 heterocycles. The van der Waals surface area contributed by atoms with Gasteiger partial charge in [-0.2, -0.15) is 0 Å². The number of ether oxygens (including phenoxy) is 1. The van der Waals surface area contributed by atoms with E-state index in [0.29, 0.717) is 18.1 Å². The molecule has 6 heteroatoms. The van der Waals surface area contributed by atoms with Crippen molar-refractivity contribution >= 4 is 34.6 Å². The largest absolute Gasteiger partial charge is 0.491 e. The van der Waals surface area contributed by atoms with E-state index in [0.717, 1.165) is 30.1 Å². The van der Waals surface area contributed by atoms with Gasteiger partial charge in [0, 0.05) is 24.3 Å². The van der Waals surface area contributed by atoms with Gasteiger partial charge in [-0.25, -0.2) is 0 Å². The van der Waals surface area contributed by atoms with Crippen LogP contribution in [0, 0.1) is 0 Å². The van der Waals surface area contributed by atoms with E-state index >= 15 is 0 Å². The fourth-order valence-electron chi connectivity index (χ4n) is 2.82. The molecule has 136 valence electrons. The molecule has 0 bridgehead atoms. The summed E-state index contributed by atoms with van der Waals surface area (Å²) in [6.07, 6.45) is 1.56. The van der Waals surface area contributed by atoms with Crippen molar-refractivity contribution in [2.75, 3.05) is 23.4 Å². The first-order valence-corrected chi connectivity index (χ1v) is 9.18. The van der Waals surface area contributed by atoms with E-state index in [2.05, 4.69) is 10.6 Å². The minimum absolute atomic E-state index is 0.0664. The average molecular weight is 369 g/mol. The van der Waals surface area contributed by atoms with Crippen molar-refractivity contribution < 1.29 is 9.53 Å². The minimum Gasteiger partial charge on any atom is -0.491 e. The molecule has 1 fully saturated rings. The normalized spacial score (nSPS) is 14.8. The number of nitrogens with one attached hydrogen (secondary N) is 2. The molecule has 1 aliphatic rings. The first-order valence-electron chi connectivity index (χ1n) is 8.77. The van der Waals surface area contributed by atoms with E-state index in [9.17, 15) is 4.79 Å². The van der Waals surface area contributed by atoms with Crippen molar-refractivity contribution in [3.05, 3.63) is 54.6 Å². The summed E-state index contributed by atoms with van der Waals surface area (Å²) in [6, 6.07) is 17.5. The quantitative estimate of drug-likeness (QED) is 0.763. The highest BCUT2D eigenvalue weighted by atomic mass is 32.1. The van der Waals surface area contributed by atoms with Crippen molar-refractivity contribution in [3.63, 3.8) is 0 Å². The summed E-state index contributed by atoms with van der Waals surface area (Å²) in [5.74, 6) is 1.03. The molecule has 0 radical (unpaired) electrons. The number of hydrogen-bond acceptors (Lipinski definition) is 3. The summed E-state index contributed by atoms with van der Waals surface area (Å²) in [6.45, 7) is 3.32. The number of anilines is 2. The Morgan fingerprint density at radius 1 is 1.19 bits per heavy atom. The maximum atomic E-state index is 11.8. The highest BCUT2D eigenvalue weighted by Crippen LogP contribution is 2.23. The maximum Gasteiger partial charge on any atom is 0.227 e. The zero-order valence-electron chi connectivity index (χ0n) is 14.8. The second-order valence-corrected chi connectivity index (χ2v) is 6.73. The smallest absolute Gasteiger partial charge is 0.227 e. The van der Waals surface area contributed by atoms with Gasteiger partial charge in [-0.05, 0) is 62.0 Å². The lowest BCUT2D eigenvalue weighted by Crippen LogP contribution is -2.39.